The molecule has 1 aliphatic rings. The Labute approximate surface area is 95.3 Å². The SMILES string of the molecule is NC(CCCCNCC1CCC(=O)N1)=NO. The molecular weight excluding hydrogens is 208 g/mol. The van der Waals surface area contributed by atoms with Gasteiger partial charge in [-0.1, -0.05) is 5.16 Å². The van der Waals surface area contributed by atoms with Crippen LogP contribution in [0.2, 0.25) is 0 Å². The van der Waals surface area contributed by atoms with Crippen molar-refractivity contribution in [1.29, 1.82) is 0 Å². The molecule has 0 bridgehead atoms. The minimum atomic E-state index is 0.152. The van der Waals surface area contributed by atoms with Crippen LogP contribution in [0.1, 0.15) is 32.1 Å². The van der Waals surface area contributed by atoms with Crippen molar-refractivity contribution in [3.05, 3.63) is 0 Å². The Bertz CT molecular complexity index is 255. The number of amides is 1. The summed E-state index contributed by atoms with van der Waals surface area (Å²) in [6.45, 7) is 1.72. The Hall–Kier alpha value is -1.30. The van der Waals surface area contributed by atoms with Crippen LogP contribution in [-0.2, 0) is 4.79 Å². The number of hydrogen-bond donors (Lipinski definition) is 4. The predicted molar refractivity (Wildman–Crippen MR) is 61.3 cm³/mol. The van der Waals surface area contributed by atoms with Crippen LogP contribution in [0.15, 0.2) is 5.16 Å². The first-order valence-corrected chi connectivity index (χ1v) is 5.69. The van der Waals surface area contributed by atoms with Gasteiger partial charge in [0, 0.05) is 25.4 Å². The predicted octanol–water partition coefficient (Wildman–Crippen LogP) is -0.229. The highest BCUT2D eigenvalue weighted by Gasteiger charge is 2.19. The van der Waals surface area contributed by atoms with Crippen LogP contribution in [-0.4, -0.2) is 36.1 Å². The van der Waals surface area contributed by atoms with Crippen molar-refractivity contribution < 1.29 is 10.0 Å². The molecule has 1 saturated heterocycles. The van der Waals surface area contributed by atoms with Crippen molar-refractivity contribution >= 4 is 11.7 Å². The van der Waals surface area contributed by atoms with E-state index in [-0.39, 0.29) is 17.8 Å². The number of hydrogen-bond acceptors (Lipinski definition) is 4. The molecule has 6 nitrogen and oxygen atoms in total. The summed E-state index contributed by atoms with van der Waals surface area (Å²) >= 11 is 0. The number of nitrogens with one attached hydrogen (secondary N) is 2. The van der Waals surface area contributed by atoms with E-state index in [2.05, 4.69) is 15.8 Å². The summed E-state index contributed by atoms with van der Waals surface area (Å²) in [6.07, 6.45) is 4.08. The molecule has 1 heterocycles. The maximum Gasteiger partial charge on any atom is 0.220 e. The Morgan fingerprint density at radius 3 is 3.06 bits per heavy atom. The summed E-state index contributed by atoms with van der Waals surface area (Å²) in [5.74, 6) is 0.432. The normalized spacial score (nSPS) is 21.1. The highest BCUT2D eigenvalue weighted by atomic mass is 16.4. The number of carbonyl (C=O) groups excluding carboxylic acids is 1. The molecule has 92 valence electrons. The van der Waals surface area contributed by atoms with Crippen LogP contribution in [0.4, 0.5) is 0 Å². The third-order valence-electron chi connectivity index (χ3n) is 2.64. The van der Waals surface area contributed by atoms with Gasteiger partial charge in [-0.2, -0.15) is 0 Å². The Morgan fingerprint density at radius 1 is 1.62 bits per heavy atom. The first-order chi connectivity index (χ1) is 7.72. The van der Waals surface area contributed by atoms with Crippen molar-refractivity contribution in [3.63, 3.8) is 0 Å². The molecular formula is C10H20N4O2. The molecule has 16 heavy (non-hydrogen) atoms. The third-order valence-corrected chi connectivity index (χ3v) is 2.64. The molecule has 1 aliphatic heterocycles. The summed E-state index contributed by atoms with van der Waals surface area (Å²) < 4.78 is 0. The van der Waals surface area contributed by atoms with E-state index in [0.29, 0.717) is 12.8 Å². The second-order valence-corrected chi connectivity index (χ2v) is 4.06. The molecule has 5 N–H and O–H groups in total. The Kier molecular flexibility index (Phi) is 5.63. The van der Waals surface area contributed by atoms with Gasteiger partial charge in [-0.15, -0.1) is 0 Å². The van der Waals surface area contributed by atoms with E-state index in [0.717, 1.165) is 32.4 Å². The van der Waals surface area contributed by atoms with E-state index in [1.54, 1.807) is 0 Å². The molecule has 0 aromatic heterocycles. The standard InChI is InChI=1S/C10H20N4O2/c11-9(14-16)3-1-2-6-12-7-8-4-5-10(15)13-8/h8,12,16H,1-7H2,(H2,11,14)(H,13,15). The van der Waals surface area contributed by atoms with Crippen LogP contribution in [0.25, 0.3) is 0 Å². The third kappa shape index (κ3) is 4.97. The van der Waals surface area contributed by atoms with E-state index in [1.807, 2.05) is 0 Å². The first kappa shape index (κ1) is 12.8. The van der Waals surface area contributed by atoms with Gasteiger partial charge in [-0.3, -0.25) is 4.79 Å². The van der Waals surface area contributed by atoms with Gasteiger partial charge in [-0.25, -0.2) is 0 Å². The summed E-state index contributed by atoms with van der Waals surface area (Å²) in [6, 6.07) is 0.288. The van der Waals surface area contributed by atoms with Crippen molar-refractivity contribution in [2.24, 2.45) is 10.9 Å². The van der Waals surface area contributed by atoms with Gasteiger partial charge < -0.3 is 21.6 Å². The Morgan fingerprint density at radius 2 is 2.44 bits per heavy atom. The van der Waals surface area contributed by atoms with E-state index >= 15 is 0 Å². The van der Waals surface area contributed by atoms with Crippen molar-refractivity contribution in [3.8, 4) is 0 Å². The molecule has 1 rings (SSSR count). The Balaban J connectivity index is 1.90. The lowest BCUT2D eigenvalue weighted by atomic mass is 10.2. The quantitative estimate of drug-likeness (QED) is 0.159. The van der Waals surface area contributed by atoms with Crippen LogP contribution in [0.5, 0.6) is 0 Å². The molecule has 1 amide bonds. The number of carbonyl (C=O) groups is 1. The van der Waals surface area contributed by atoms with Gasteiger partial charge in [0.15, 0.2) is 0 Å². The van der Waals surface area contributed by atoms with Gasteiger partial charge in [0.2, 0.25) is 5.91 Å². The van der Waals surface area contributed by atoms with Crippen molar-refractivity contribution in [2.45, 2.75) is 38.1 Å². The maximum atomic E-state index is 10.9. The molecule has 0 aromatic carbocycles. The van der Waals surface area contributed by atoms with E-state index in [4.69, 9.17) is 10.9 Å². The van der Waals surface area contributed by atoms with Crippen molar-refractivity contribution in [2.75, 3.05) is 13.1 Å². The second kappa shape index (κ2) is 7.05. The summed E-state index contributed by atoms with van der Waals surface area (Å²) in [5, 5.41) is 17.4. The number of unbranched alkanes of at least 4 members (excludes halogenated alkanes) is 1. The zero-order valence-corrected chi connectivity index (χ0v) is 9.41. The number of oxime groups is 1. The lowest BCUT2D eigenvalue weighted by Crippen LogP contribution is -2.36. The monoisotopic (exact) mass is 228 g/mol. The molecule has 6 heteroatoms. The van der Waals surface area contributed by atoms with E-state index in [9.17, 15) is 4.79 Å². The van der Waals surface area contributed by atoms with Crippen molar-refractivity contribution in [1.82, 2.24) is 10.6 Å². The molecule has 0 aliphatic carbocycles. The van der Waals surface area contributed by atoms with Gasteiger partial charge >= 0.3 is 0 Å². The van der Waals surface area contributed by atoms with Crippen LogP contribution in [0.3, 0.4) is 0 Å². The van der Waals surface area contributed by atoms with Gasteiger partial charge in [0.1, 0.15) is 5.84 Å². The lowest BCUT2D eigenvalue weighted by molar-refractivity contribution is -0.119. The fraction of sp³-hybridized carbons (Fsp3) is 0.800. The number of rotatable bonds is 7. The zero-order chi connectivity index (χ0) is 11.8. The summed E-state index contributed by atoms with van der Waals surface area (Å²) in [5.41, 5.74) is 5.33. The molecule has 0 radical (unpaired) electrons. The topological polar surface area (TPSA) is 99.7 Å². The summed E-state index contributed by atoms with van der Waals surface area (Å²) in [4.78, 5) is 10.9. The highest BCUT2D eigenvalue weighted by Crippen LogP contribution is 2.04. The first-order valence-electron chi connectivity index (χ1n) is 5.69. The van der Waals surface area contributed by atoms with E-state index in [1.165, 1.54) is 0 Å². The average molecular weight is 228 g/mol. The molecule has 0 aromatic rings. The summed E-state index contributed by atoms with van der Waals surface area (Å²) in [7, 11) is 0. The smallest absolute Gasteiger partial charge is 0.220 e. The lowest BCUT2D eigenvalue weighted by Gasteiger charge is -2.10. The second-order valence-electron chi connectivity index (χ2n) is 4.06. The van der Waals surface area contributed by atoms with Gasteiger partial charge in [0.25, 0.3) is 0 Å². The van der Waals surface area contributed by atoms with Crippen LogP contribution < -0.4 is 16.4 Å². The van der Waals surface area contributed by atoms with Gasteiger partial charge in [0.05, 0.1) is 0 Å². The number of amidine groups is 1. The number of nitrogens with zero attached hydrogens (tertiary/aromatic N) is 1. The largest absolute Gasteiger partial charge is 0.409 e. The highest BCUT2D eigenvalue weighted by molar-refractivity contribution is 5.79. The fourth-order valence-electron chi connectivity index (χ4n) is 1.71. The fourth-order valence-corrected chi connectivity index (χ4v) is 1.71. The van der Waals surface area contributed by atoms with E-state index < -0.39 is 0 Å². The zero-order valence-electron chi connectivity index (χ0n) is 9.41. The molecule has 1 atom stereocenters. The minimum Gasteiger partial charge on any atom is -0.409 e. The molecule has 0 saturated carbocycles. The van der Waals surface area contributed by atoms with Crippen LogP contribution >= 0.6 is 0 Å². The minimum absolute atomic E-state index is 0.152. The molecule has 1 unspecified atom stereocenters. The number of nitrogens with two attached hydrogens (primary N) is 1. The maximum absolute atomic E-state index is 10.9. The molecule has 1 fully saturated rings. The van der Waals surface area contributed by atoms with Crippen LogP contribution in [0, 0.1) is 0 Å². The molecule has 0 spiro atoms. The average Bonchev–Trinajstić information content (AvgIpc) is 2.69. The van der Waals surface area contributed by atoms with Gasteiger partial charge in [-0.05, 0) is 25.8 Å².